The minimum absolute atomic E-state index is 0.0118. The Morgan fingerprint density at radius 3 is 2.79 bits per heavy atom. The van der Waals surface area contributed by atoms with E-state index in [1.807, 2.05) is 12.1 Å². The molecule has 0 radical (unpaired) electrons. The van der Waals surface area contributed by atoms with E-state index in [2.05, 4.69) is 40.2 Å². The standard InChI is InChI=1S/C17H16IN3O3/c18-13-8-5-11(6-9-13)15(22)19-20-16(23)17-12-3-1-2-10(4-7-12)14(17)21(17,20)24/h4-10,12,14H,1-3H2,(H,19,22)/t10?,12?,14-,17-,21?/m0/s1. The fourth-order valence-corrected chi connectivity index (χ4v) is 5.36. The van der Waals surface area contributed by atoms with E-state index >= 15 is 0 Å². The van der Waals surface area contributed by atoms with Crippen molar-refractivity contribution in [2.75, 3.05) is 0 Å². The molecule has 24 heavy (non-hydrogen) atoms. The first kappa shape index (κ1) is 14.9. The summed E-state index contributed by atoms with van der Waals surface area (Å²) in [5.41, 5.74) is 2.14. The highest BCUT2D eigenvalue weighted by Gasteiger charge is 2.97. The monoisotopic (exact) mass is 437 g/mol. The minimum atomic E-state index is -0.852. The van der Waals surface area contributed by atoms with E-state index in [0.717, 1.165) is 28.0 Å². The molecule has 2 amide bonds. The van der Waals surface area contributed by atoms with Gasteiger partial charge in [0.25, 0.3) is 11.4 Å². The molecule has 1 aromatic rings. The Bertz CT molecular complexity index is 795. The highest BCUT2D eigenvalue weighted by molar-refractivity contribution is 14.1. The molecule has 3 unspecified atom stereocenters. The number of hydrazine groups is 1. The van der Waals surface area contributed by atoms with Gasteiger partial charge >= 0.3 is 5.91 Å². The smallest absolute Gasteiger partial charge is 0.362 e. The second kappa shape index (κ2) is 4.59. The summed E-state index contributed by atoms with van der Waals surface area (Å²) in [6.07, 6.45) is 7.06. The molecule has 1 aromatic carbocycles. The average molecular weight is 437 g/mol. The van der Waals surface area contributed by atoms with Crippen LogP contribution in [0.25, 0.3) is 0 Å². The molecule has 1 saturated carbocycles. The summed E-state index contributed by atoms with van der Waals surface area (Å²) in [5.74, 6) is -0.476. The molecule has 6 nitrogen and oxygen atoms in total. The predicted octanol–water partition coefficient (Wildman–Crippen LogP) is 2.11. The number of benzene rings is 1. The molecule has 2 aliphatic heterocycles. The van der Waals surface area contributed by atoms with Gasteiger partial charge in [0.05, 0.1) is 5.92 Å². The number of nitrogens with one attached hydrogen (secondary N) is 1. The Morgan fingerprint density at radius 1 is 1.29 bits per heavy atom. The number of fused-ring (bicyclic) bond motifs is 2. The SMILES string of the molecule is O=C(NN1C(=O)[C@]23C4C=CC(CCC4)[C@@H]2[N+]13[O-])c1ccc(I)cc1. The van der Waals surface area contributed by atoms with Gasteiger partial charge in [-0.05, 0) is 59.7 Å². The van der Waals surface area contributed by atoms with Gasteiger partial charge < -0.3 is 5.21 Å². The Morgan fingerprint density at radius 2 is 2.04 bits per heavy atom. The average Bonchev–Trinajstić information content (AvgIpc) is 3.23. The first-order valence-electron chi connectivity index (χ1n) is 8.21. The van der Waals surface area contributed by atoms with Gasteiger partial charge in [0.1, 0.15) is 0 Å². The van der Waals surface area contributed by atoms with Gasteiger partial charge in [0.2, 0.25) is 0 Å². The van der Waals surface area contributed by atoms with E-state index in [9.17, 15) is 14.8 Å². The largest absolute Gasteiger partial charge is 0.603 e. The van der Waals surface area contributed by atoms with Crippen molar-refractivity contribution in [2.24, 2.45) is 11.8 Å². The van der Waals surface area contributed by atoms with Gasteiger partial charge in [-0.3, -0.25) is 9.59 Å². The van der Waals surface area contributed by atoms with Crippen molar-refractivity contribution in [3.63, 3.8) is 0 Å². The molecule has 2 heterocycles. The fraction of sp³-hybridized carbons (Fsp3) is 0.412. The lowest BCUT2D eigenvalue weighted by Gasteiger charge is -2.47. The molecule has 5 aliphatic rings. The summed E-state index contributed by atoms with van der Waals surface area (Å²) in [5, 5.41) is 14.4. The summed E-state index contributed by atoms with van der Waals surface area (Å²) in [4.78, 5) is 25.2. The number of hydrogen-bond acceptors (Lipinski definition) is 3. The van der Waals surface area contributed by atoms with Crippen LogP contribution in [0.5, 0.6) is 0 Å². The number of carbonyl (C=O) groups is 2. The highest BCUT2D eigenvalue weighted by atomic mass is 127. The van der Waals surface area contributed by atoms with E-state index in [0.29, 0.717) is 5.56 Å². The number of hydroxylamine groups is 2. The second-order valence-corrected chi connectivity index (χ2v) is 8.29. The molecular weight excluding hydrogens is 421 g/mol. The van der Waals surface area contributed by atoms with Gasteiger partial charge in [0.15, 0.2) is 6.04 Å². The van der Waals surface area contributed by atoms with Crippen LogP contribution in [0.15, 0.2) is 36.4 Å². The van der Waals surface area contributed by atoms with Crippen molar-refractivity contribution < 1.29 is 14.3 Å². The molecule has 3 fully saturated rings. The van der Waals surface area contributed by atoms with Crippen LogP contribution in [-0.4, -0.2) is 33.3 Å². The Hall–Kier alpha value is -1.45. The lowest BCUT2D eigenvalue weighted by molar-refractivity contribution is -0.935. The fourth-order valence-electron chi connectivity index (χ4n) is 5.00. The maximum atomic E-state index is 13.4. The van der Waals surface area contributed by atoms with E-state index in [4.69, 9.17) is 0 Å². The van der Waals surface area contributed by atoms with E-state index in [-0.39, 0.29) is 23.8 Å². The van der Waals surface area contributed by atoms with Gasteiger partial charge in [-0.2, -0.15) is 0 Å². The molecule has 2 bridgehead atoms. The van der Waals surface area contributed by atoms with Gasteiger partial charge in [-0.15, -0.1) is 0 Å². The summed E-state index contributed by atoms with van der Waals surface area (Å²) in [6, 6.07) is 6.78. The third-order valence-electron chi connectivity index (χ3n) is 6.05. The molecule has 5 atom stereocenters. The molecular formula is C17H16IN3O3. The summed E-state index contributed by atoms with van der Waals surface area (Å²) < 4.78 is 0.330. The molecule has 1 N–H and O–H groups in total. The number of halogens is 1. The first-order valence-corrected chi connectivity index (χ1v) is 9.29. The molecule has 0 aromatic heterocycles. The van der Waals surface area contributed by atoms with Crippen molar-refractivity contribution in [2.45, 2.75) is 30.8 Å². The summed E-state index contributed by atoms with van der Waals surface area (Å²) >= 11 is 2.16. The van der Waals surface area contributed by atoms with Crippen molar-refractivity contribution in [3.05, 3.63) is 50.8 Å². The summed E-state index contributed by atoms with van der Waals surface area (Å²) in [7, 11) is 0. The Kier molecular flexibility index (Phi) is 2.84. The van der Waals surface area contributed by atoms with E-state index in [1.54, 1.807) is 12.1 Å². The molecule has 1 spiro atoms. The quantitative estimate of drug-likeness (QED) is 0.253. The zero-order valence-corrected chi connectivity index (χ0v) is 15.0. The first-order chi connectivity index (χ1) is 11.5. The van der Waals surface area contributed by atoms with Crippen LogP contribution in [0.2, 0.25) is 0 Å². The van der Waals surface area contributed by atoms with Crippen molar-refractivity contribution >= 4 is 34.4 Å². The van der Waals surface area contributed by atoms with Crippen LogP contribution >= 0.6 is 22.6 Å². The lowest BCUT2D eigenvalue weighted by atomic mass is 9.79. The van der Waals surface area contributed by atoms with Crippen LogP contribution in [0.1, 0.15) is 29.6 Å². The van der Waals surface area contributed by atoms with Gasteiger partial charge in [-0.1, -0.05) is 23.7 Å². The number of hydrogen-bond donors (Lipinski definition) is 1. The number of rotatable bonds is 2. The maximum absolute atomic E-state index is 13.4. The number of nitrogens with zero attached hydrogens (tertiary/aromatic N) is 2. The van der Waals surface area contributed by atoms with Crippen LogP contribution < -0.4 is 5.43 Å². The molecule has 6 rings (SSSR count). The Labute approximate surface area is 152 Å². The lowest BCUT2D eigenvalue weighted by Crippen LogP contribution is -2.73. The zero-order chi connectivity index (χ0) is 16.7. The van der Waals surface area contributed by atoms with Crippen LogP contribution in [-0.2, 0) is 4.79 Å². The molecule has 2 saturated heterocycles. The maximum Gasteiger partial charge on any atom is 0.362 e. The van der Waals surface area contributed by atoms with Crippen molar-refractivity contribution in [3.8, 4) is 0 Å². The Balaban J connectivity index is 1.42. The van der Waals surface area contributed by atoms with E-state index in [1.165, 1.54) is 0 Å². The minimum Gasteiger partial charge on any atom is -0.603 e. The topological polar surface area (TPSA) is 72.5 Å². The highest BCUT2D eigenvalue weighted by Crippen LogP contribution is 2.71. The number of amides is 2. The van der Waals surface area contributed by atoms with Crippen LogP contribution in [0, 0.1) is 20.6 Å². The van der Waals surface area contributed by atoms with Crippen LogP contribution in [0.3, 0.4) is 0 Å². The summed E-state index contributed by atoms with van der Waals surface area (Å²) in [6.45, 7) is 0. The van der Waals surface area contributed by atoms with Crippen molar-refractivity contribution in [1.29, 1.82) is 0 Å². The van der Waals surface area contributed by atoms with Crippen LogP contribution in [0.4, 0.5) is 0 Å². The third kappa shape index (κ3) is 1.49. The zero-order valence-electron chi connectivity index (χ0n) is 12.8. The molecule has 3 aliphatic carbocycles. The van der Waals surface area contributed by atoms with Gasteiger partial charge in [0, 0.05) is 15.1 Å². The third-order valence-corrected chi connectivity index (χ3v) is 6.77. The number of carbonyl (C=O) groups excluding carboxylic acids is 2. The predicted molar refractivity (Wildman–Crippen MR) is 93.6 cm³/mol. The normalized spacial score (nSPS) is 41.2. The molecule has 7 heteroatoms. The molecule has 124 valence electrons. The second-order valence-electron chi connectivity index (χ2n) is 7.04. The van der Waals surface area contributed by atoms with E-state index < -0.39 is 16.2 Å². The number of quaternary nitrogens is 1. The van der Waals surface area contributed by atoms with Crippen molar-refractivity contribution in [1.82, 2.24) is 10.5 Å². The van der Waals surface area contributed by atoms with Gasteiger partial charge in [-0.25, -0.2) is 10.2 Å².